The normalized spacial score (nSPS) is 16.0. The summed E-state index contributed by atoms with van der Waals surface area (Å²) >= 11 is 0. The number of carbonyl (C=O) groups excluding carboxylic acids is 2. The Balaban J connectivity index is 1.42. The molecule has 2 aromatic rings. The first-order valence-corrected chi connectivity index (χ1v) is 8.81. The number of nitrogens with one attached hydrogen (secondary N) is 2. The van der Waals surface area contributed by atoms with Crippen LogP contribution in [0.3, 0.4) is 0 Å². The first-order valence-electron chi connectivity index (χ1n) is 8.81. The number of hydrogen-bond donors (Lipinski definition) is 2. The molecule has 7 heteroatoms. The molecule has 2 N–H and O–H groups in total. The molecule has 0 aliphatic carbocycles. The predicted octanol–water partition coefficient (Wildman–Crippen LogP) is 3.35. The van der Waals surface area contributed by atoms with Gasteiger partial charge in [0.1, 0.15) is 6.10 Å². The number of halogens is 1. The lowest BCUT2D eigenvalue weighted by Crippen LogP contribution is -2.26. The van der Waals surface area contributed by atoms with Crippen LogP contribution in [0.25, 0.3) is 0 Å². The second kappa shape index (κ2) is 9.14. The summed E-state index contributed by atoms with van der Waals surface area (Å²) in [5.74, 6) is -0.743. The van der Waals surface area contributed by atoms with Gasteiger partial charge >= 0.3 is 0 Å². The molecule has 1 unspecified atom stereocenters. The topological polar surface area (TPSA) is 76.7 Å². The van der Waals surface area contributed by atoms with Crippen LogP contribution in [0.15, 0.2) is 48.5 Å². The van der Waals surface area contributed by atoms with Gasteiger partial charge in [0.2, 0.25) is 5.91 Å². The fourth-order valence-corrected chi connectivity index (χ4v) is 2.68. The van der Waals surface area contributed by atoms with Crippen molar-refractivity contribution in [3.8, 4) is 5.75 Å². The third-order valence-corrected chi connectivity index (χ3v) is 4.08. The molecule has 0 radical (unpaired) electrons. The molecule has 2 amide bonds. The Labute approximate surface area is 156 Å². The minimum atomic E-state index is -0.460. The molecule has 1 fully saturated rings. The fourth-order valence-electron chi connectivity index (χ4n) is 2.68. The zero-order valence-corrected chi connectivity index (χ0v) is 14.7. The van der Waals surface area contributed by atoms with Gasteiger partial charge in [0.25, 0.3) is 5.91 Å². The molecule has 1 saturated heterocycles. The standard InChI is InChI=1S/C20H21FN2O4/c21-16-4-1-2-5-17(16)27-13-11-19(24)22-14-7-9-15(10-8-14)23-20(25)18-6-3-12-26-18/h1-2,4-5,7-10,18H,3,6,11-13H2,(H,22,24)(H,23,25). The summed E-state index contributed by atoms with van der Waals surface area (Å²) < 4.78 is 24.0. The third kappa shape index (κ3) is 5.52. The van der Waals surface area contributed by atoms with Crippen molar-refractivity contribution in [3.63, 3.8) is 0 Å². The Morgan fingerprint density at radius 3 is 2.44 bits per heavy atom. The molecule has 142 valence electrons. The second-order valence-electron chi connectivity index (χ2n) is 6.15. The van der Waals surface area contributed by atoms with Crippen LogP contribution in [0, 0.1) is 5.82 Å². The number of rotatable bonds is 7. The Morgan fingerprint density at radius 1 is 1.07 bits per heavy atom. The maximum absolute atomic E-state index is 13.4. The Hall–Kier alpha value is -2.93. The van der Waals surface area contributed by atoms with Gasteiger partial charge < -0.3 is 20.1 Å². The number of benzene rings is 2. The van der Waals surface area contributed by atoms with Gasteiger partial charge in [0, 0.05) is 18.0 Å². The van der Waals surface area contributed by atoms with Crippen LogP contribution < -0.4 is 15.4 Å². The van der Waals surface area contributed by atoms with E-state index < -0.39 is 5.82 Å². The monoisotopic (exact) mass is 372 g/mol. The number of carbonyl (C=O) groups is 2. The van der Waals surface area contributed by atoms with E-state index in [1.807, 2.05) is 0 Å². The van der Waals surface area contributed by atoms with Gasteiger partial charge in [-0.25, -0.2) is 4.39 Å². The first kappa shape index (κ1) is 18.8. The minimum absolute atomic E-state index is 0.0717. The van der Waals surface area contributed by atoms with E-state index in [0.29, 0.717) is 18.0 Å². The maximum Gasteiger partial charge on any atom is 0.253 e. The van der Waals surface area contributed by atoms with Crippen molar-refractivity contribution in [2.45, 2.75) is 25.4 Å². The molecule has 3 rings (SSSR count). The summed E-state index contributed by atoms with van der Waals surface area (Å²) in [5, 5.41) is 5.52. The summed E-state index contributed by atoms with van der Waals surface area (Å²) in [7, 11) is 0. The number of ether oxygens (including phenoxy) is 2. The molecule has 6 nitrogen and oxygen atoms in total. The van der Waals surface area contributed by atoms with E-state index >= 15 is 0 Å². The molecule has 2 aromatic carbocycles. The van der Waals surface area contributed by atoms with Crippen LogP contribution in [0.2, 0.25) is 0 Å². The largest absolute Gasteiger partial charge is 0.490 e. The van der Waals surface area contributed by atoms with E-state index in [9.17, 15) is 14.0 Å². The smallest absolute Gasteiger partial charge is 0.253 e. The lowest BCUT2D eigenvalue weighted by Gasteiger charge is -2.11. The molecule has 1 aliphatic heterocycles. The Morgan fingerprint density at radius 2 is 1.78 bits per heavy atom. The second-order valence-corrected chi connectivity index (χ2v) is 6.15. The van der Waals surface area contributed by atoms with Crippen molar-refractivity contribution in [1.82, 2.24) is 0 Å². The number of anilines is 2. The predicted molar refractivity (Wildman–Crippen MR) is 99.2 cm³/mol. The Kier molecular flexibility index (Phi) is 6.38. The lowest BCUT2D eigenvalue weighted by molar-refractivity contribution is -0.124. The van der Waals surface area contributed by atoms with Gasteiger partial charge in [-0.2, -0.15) is 0 Å². The fraction of sp³-hybridized carbons (Fsp3) is 0.300. The summed E-state index contributed by atoms with van der Waals surface area (Å²) in [6, 6.07) is 12.9. The molecule has 1 aliphatic rings. The van der Waals surface area contributed by atoms with E-state index in [-0.39, 0.29) is 36.7 Å². The van der Waals surface area contributed by atoms with Crippen LogP contribution >= 0.6 is 0 Å². The Bertz CT molecular complexity index is 789. The molecule has 0 aromatic heterocycles. The number of hydrogen-bond acceptors (Lipinski definition) is 4. The minimum Gasteiger partial charge on any atom is -0.490 e. The van der Waals surface area contributed by atoms with Gasteiger partial charge in [-0.05, 0) is 49.2 Å². The van der Waals surface area contributed by atoms with E-state index in [0.717, 1.165) is 12.8 Å². The van der Waals surface area contributed by atoms with Crippen LogP contribution in [0.1, 0.15) is 19.3 Å². The molecule has 0 saturated carbocycles. The van der Waals surface area contributed by atoms with E-state index in [2.05, 4.69) is 10.6 Å². The molecular weight excluding hydrogens is 351 g/mol. The van der Waals surface area contributed by atoms with Crippen LogP contribution in [0.4, 0.5) is 15.8 Å². The summed E-state index contributed by atoms with van der Waals surface area (Å²) in [6.45, 7) is 0.686. The highest BCUT2D eigenvalue weighted by atomic mass is 19.1. The third-order valence-electron chi connectivity index (χ3n) is 4.08. The zero-order valence-electron chi connectivity index (χ0n) is 14.7. The van der Waals surface area contributed by atoms with Crippen LogP contribution in [-0.2, 0) is 14.3 Å². The highest BCUT2D eigenvalue weighted by Crippen LogP contribution is 2.18. The van der Waals surface area contributed by atoms with Crippen LogP contribution in [-0.4, -0.2) is 31.1 Å². The SMILES string of the molecule is O=C(CCOc1ccccc1F)Nc1ccc(NC(=O)C2CCCO2)cc1. The molecule has 0 bridgehead atoms. The van der Waals surface area contributed by atoms with Crippen molar-refractivity contribution in [2.75, 3.05) is 23.8 Å². The van der Waals surface area contributed by atoms with Crippen molar-refractivity contribution in [2.24, 2.45) is 0 Å². The van der Waals surface area contributed by atoms with Crippen molar-refractivity contribution in [3.05, 3.63) is 54.3 Å². The van der Waals surface area contributed by atoms with Crippen molar-refractivity contribution >= 4 is 23.2 Å². The van der Waals surface area contributed by atoms with Crippen molar-refractivity contribution < 1.29 is 23.5 Å². The molecule has 27 heavy (non-hydrogen) atoms. The zero-order chi connectivity index (χ0) is 19.1. The molecule has 0 spiro atoms. The quantitative estimate of drug-likeness (QED) is 0.781. The first-order chi connectivity index (χ1) is 13.1. The molecule has 1 heterocycles. The van der Waals surface area contributed by atoms with Gasteiger partial charge in [0.05, 0.1) is 13.0 Å². The van der Waals surface area contributed by atoms with Crippen LogP contribution in [0.5, 0.6) is 5.75 Å². The maximum atomic E-state index is 13.4. The highest BCUT2D eigenvalue weighted by molar-refractivity contribution is 5.95. The van der Waals surface area contributed by atoms with Gasteiger partial charge in [-0.3, -0.25) is 9.59 Å². The van der Waals surface area contributed by atoms with E-state index in [1.54, 1.807) is 36.4 Å². The van der Waals surface area contributed by atoms with E-state index in [4.69, 9.17) is 9.47 Å². The molecule has 1 atom stereocenters. The van der Waals surface area contributed by atoms with Crippen molar-refractivity contribution in [1.29, 1.82) is 0 Å². The van der Waals surface area contributed by atoms with Gasteiger partial charge in [-0.1, -0.05) is 12.1 Å². The average Bonchev–Trinajstić information content (AvgIpc) is 3.20. The summed E-state index contributed by atoms with van der Waals surface area (Å²) in [4.78, 5) is 23.9. The van der Waals surface area contributed by atoms with Gasteiger partial charge in [0.15, 0.2) is 11.6 Å². The summed E-state index contributed by atoms with van der Waals surface area (Å²) in [6.07, 6.45) is 1.32. The van der Waals surface area contributed by atoms with Gasteiger partial charge in [-0.15, -0.1) is 0 Å². The average molecular weight is 372 g/mol. The van der Waals surface area contributed by atoms with E-state index in [1.165, 1.54) is 12.1 Å². The number of para-hydroxylation sites is 1. The molecular formula is C20H21FN2O4. The summed E-state index contributed by atoms with van der Waals surface area (Å²) in [5.41, 5.74) is 1.23. The number of amides is 2. The highest BCUT2D eigenvalue weighted by Gasteiger charge is 2.23. The lowest BCUT2D eigenvalue weighted by atomic mass is 10.2.